The van der Waals surface area contributed by atoms with Gasteiger partial charge < -0.3 is 10.1 Å². The van der Waals surface area contributed by atoms with Gasteiger partial charge in [0.05, 0.1) is 13.2 Å². The van der Waals surface area contributed by atoms with Crippen LogP contribution in [0.4, 0.5) is 5.69 Å². The highest BCUT2D eigenvalue weighted by atomic mass is 35.5. The fourth-order valence-corrected chi connectivity index (χ4v) is 2.70. The van der Waals surface area contributed by atoms with Gasteiger partial charge in [-0.1, -0.05) is 11.6 Å². The first-order chi connectivity index (χ1) is 9.20. The summed E-state index contributed by atoms with van der Waals surface area (Å²) in [5, 5.41) is 4.02. The van der Waals surface area contributed by atoms with Crippen molar-refractivity contribution in [3.8, 4) is 0 Å². The van der Waals surface area contributed by atoms with Crippen molar-refractivity contribution in [3.63, 3.8) is 0 Å². The van der Waals surface area contributed by atoms with Gasteiger partial charge >= 0.3 is 0 Å². The first kappa shape index (κ1) is 14.6. The molecule has 0 saturated carbocycles. The van der Waals surface area contributed by atoms with Gasteiger partial charge in [0, 0.05) is 30.8 Å². The van der Waals surface area contributed by atoms with Crippen molar-refractivity contribution in [1.82, 2.24) is 4.90 Å². The first-order valence-electron chi connectivity index (χ1n) is 6.97. The van der Waals surface area contributed by atoms with E-state index in [1.165, 1.54) is 17.5 Å². The van der Waals surface area contributed by atoms with Gasteiger partial charge in [-0.25, -0.2) is 0 Å². The predicted octanol–water partition coefficient (Wildman–Crippen LogP) is 2.95. The van der Waals surface area contributed by atoms with Gasteiger partial charge in [0.25, 0.3) is 0 Å². The highest BCUT2D eigenvalue weighted by Gasteiger charge is 2.10. The number of halogens is 1. The van der Waals surface area contributed by atoms with E-state index in [1.54, 1.807) is 0 Å². The number of rotatable bonds is 5. The van der Waals surface area contributed by atoms with Crippen LogP contribution >= 0.6 is 11.6 Å². The third-order valence-corrected chi connectivity index (χ3v) is 4.16. The smallest absolute Gasteiger partial charge is 0.0594 e. The molecule has 0 amide bonds. The molecule has 0 aliphatic carbocycles. The van der Waals surface area contributed by atoms with E-state index in [9.17, 15) is 0 Å². The zero-order valence-corrected chi connectivity index (χ0v) is 12.6. The van der Waals surface area contributed by atoms with E-state index in [2.05, 4.69) is 23.2 Å². The molecule has 106 valence electrons. The molecule has 1 aromatic rings. The average molecular weight is 283 g/mol. The Morgan fingerprint density at radius 3 is 2.74 bits per heavy atom. The van der Waals surface area contributed by atoms with Crippen LogP contribution in [0.25, 0.3) is 0 Å². The lowest BCUT2D eigenvalue weighted by molar-refractivity contribution is 0.0374. The number of nitrogens with one attached hydrogen (secondary N) is 1. The number of nitrogens with zero attached hydrogens (tertiary/aromatic N) is 1. The molecule has 0 radical (unpaired) electrons. The number of benzene rings is 1. The molecule has 1 heterocycles. The third kappa shape index (κ3) is 4.10. The molecule has 1 saturated heterocycles. The van der Waals surface area contributed by atoms with Crippen LogP contribution < -0.4 is 5.32 Å². The molecule has 1 fully saturated rings. The molecular weight excluding hydrogens is 260 g/mol. The second kappa shape index (κ2) is 7.13. The van der Waals surface area contributed by atoms with Crippen LogP contribution in [0.2, 0.25) is 5.02 Å². The van der Waals surface area contributed by atoms with Crippen molar-refractivity contribution in [2.24, 2.45) is 0 Å². The Morgan fingerprint density at radius 2 is 2.05 bits per heavy atom. The van der Waals surface area contributed by atoms with Gasteiger partial charge in [0.1, 0.15) is 0 Å². The van der Waals surface area contributed by atoms with E-state index < -0.39 is 0 Å². The monoisotopic (exact) mass is 282 g/mol. The van der Waals surface area contributed by atoms with Crippen molar-refractivity contribution in [2.45, 2.75) is 19.8 Å². The van der Waals surface area contributed by atoms with Gasteiger partial charge in [-0.05, 0) is 49.6 Å². The van der Waals surface area contributed by atoms with Crippen molar-refractivity contribution in [2.75, 3.05) is 45.2 Å². The molecule has 0 spiro atoms. The molecule has 0 unspecified atom stereocenters. The van der Waals surface area contributed by atoms with E-state index in [1.807, 2.05) is 13.1 Å². The number of anilines is 1. The van der Waals surface area contributed by atoms with Gasteiger partial charge in [-0.15, -0.1) is 0 Å². The van der Waals surface area contributed by atoms with Crippen LogP contribution in [0.15, 0.2) is 12.1 Å². The molecule has 0 bridgehead atoms. The largest absolute Gasteiger partial charge is 0.388 e. The van der Waals surface area contributed by atoms with Crippen LogP contribution in [0, 0.1) is 6.92 Å². The number of hydrogen-bond acceptors (Lipinski definition) is 3. The lowest BCUT2D eigenvalue weighted by Crippen LogP contribution is -2.36. The normalized spacial score (nSPS) is 16.6. The summed E-state index contributed by atoms with van der Waals surface area (Å²) < 4.78 is 5.36. The summed E-state index contributed by atoms with van der Waals surface area (Å²) in [7, 11) is 1.93. The zero-order chi connectivity index (χ0) is 13.7. The maximum atomic E-state index is 6.26. The fourth-order valence-electron chi connectivity index (χ4n) is 2.46. The molecule has 1 aliphatic rings. The lowest BCUT2D eigenvalue weighted by atomic mass is 10.0. The topological polar surface area (TPSA) is 24.5 Å². The maximum absolute atomic E-state index is 6.26. The molecule has 4 heteroatoms. The van der Waals surface area contributed by atoms with Gasteiger partial charge in [0.15, 0.2) is 0 Å². The SMILES string of the molecule is CNc1cc(Cl)c(C)c(CCCN2CCOCC2)c1. The Hall–Kier alpha value is -0.770. The summed E-state index contributed by atoms with van der Waals surface area (Å²) in [5.41, 5.74) is 3.66. The summed E-state index contributed by atoms with van der Waals surface area (Å²) in [5.74, 6) is 0. The van der Waals surface area contributed by atoms with Gasteiger partial charge in [0.2, 0.25) is 0 Å². The van der Waals surface area contributed by atoms with Crippen LogP contribution in [0.5, 0.6) is 0 Å². The predicted molar refractivity (Wildman–Crippen MR) is 81.3 cm³/mol. The minimum Gasteiger partial charge on any atom is -0.388 e. The minimum absolute atomic E-state index is 0.855. The number of aryl methyl sites for hydroxylation is 1. The molecular formula is C15H23ClN2O. The first-order valence-corrected chi connectivity index (χ1v) is 7.35. The van der Waals surface area contributed by atoms with Crippen molar-refractivity contribution in [3.05, 3.63) is 28.3 Å². The van der Waals surface area contributed by atoms with Gasteiger partial charge in [-0.3, -0.25) is 4.90 Å². The Morgan fingerprint density at radius 1 is 1.32 bits per heavy atom. The van der Waals surface area contributed by atoms with E-state index in [0.717, 1.165) is 50.0 Å². The van der Waals surface area contributed by atoms with Gasteiger partial charge in [-0.2, -0.15) is 0 Å². The molecule has 3 nitrogen and oxygen atoms in total. The van der Waals surface area contributed by atoms with Crippen LogP contribution in [0.3, 0.4) is 0 Å². The molecule has 1 N–H and O–H groups in total. The van der Waals surface area contributed by atoms with Crippen LogP contribution in [-0.2, 0) is 11.2 Å². The summed E-state index contributed by atoms with van der Waals surface area (Å²) in [6.45, 7) is 7.13. The Kier molecular flexibility index (Phi) is 5.49. The minimum atomic E-state index is 0.855. The highest BCUT2D eigenvalue weighted by Crippen LogP contribution is 2.25. The van der Waals surface area contributed by atoms with E-state index in [4.69, 9.17) is 16.3 Å². The average Bonchev–Trinajstić information content (AvgIpc) is 2.44. The van der Waals surface area contributed by atoms with E-state index in [-0.39, 0.29) is 0 Å². The Labute approximate surface area is 120 Å². The van der Waals surface area contributed by atoms with Crippen molar-refractivity contribution < 1.29 is 4.74 Å². The molecule has 0 aromatic heterocycles. The molecule has 1 aliphatic heterocycles. The zero-order valence-electron chi connectivity index (χ0n) is 11.8. The third-order valence-electron chi connectivity index (χ3n) is 3.76. The summed E-state index contributed by atoms with van der Waals surface area (Å²) in [6, 6.07) is 4.20. The molecule has 19 heavy (non-hydrogen) atoms. The number of morpholine rings is 1. The second-order valence-electron chi connectivity index (χ2n) is 5.05. The fraction of sp³-hybridized carbons (Fsp3) is 0.600. The van der Waals surface area contributed by atoms with Crippen LogP contribution in [-0.4, -0.2) is 44.8 Å². The van der Waals surface area contributed by atoms with E-state index in [0.29, 0.717) is 0 Å². The summed E-state index contributed by atoms with van der Waals surface area (Å²) in [4.78, 5) is 2.47. The Balaban J connectivity index is 1.89. The quantitative estimate of drug-likeness (QED) is 0.899. The maximum Gasteiger partial charge on any atom is 0.0594 e. The summed E-state index contributed by atoms with van der Waals surface area (Å²) in [6.07, 6.45) is 2.25. The molecule has 0 atom stereocenters. The number of ether oxygens (including phenoxy) is 1. The molecule has 2 rings (SSSR count). The lowest BCUT2D eigenvalue weighted by Gasteiger charge is -2.26. The molecule has 1 aromatic carbocycles. The Bertz CT molecular complexity index is 417. The highest BCUT2D eigenvalue weighted by molar-refractivity contribution is 6.31. The van der Waals surface area contributed by atoms with E-state index >= 15 is 0 Å². The van der Waals surface area contributed by atoms with Crippen LogP contribution in [0.1, 0.15) is 17.5 Å². The summed E-state index contributed by atoms with van der Waals surface area (Å²) >= 11 is 6.26. The van der Waals surface area contributed by atoms with Crippen molar-refractivity contribution in [1.29, 1.82) is 0 Å². The number of hydrogen-bond donors (Lipinski definition) is 1. The second-order valence-corrected chi connectivity index (χ2v) is 5.46. The van der Waals surface area contributed by atoms with Crippen molar-refractivity contribution >= 4 is 17.3 Å². The standard InChI is InChI=1S/C15H23ClN2O/c1-12-13(10-14(17-2)11-15(12)16)4-3-5-18-6-8-19-9-7-18/h10-11,17H,3-9H2,1-2H3.